The molecule has 92 valence electrons. The van der Waals surface area contributed by atoms with E-state index in [0.717, 1.165) is 32.2 Å². The first-order valence-corrected chi connectivity index (χ1v) is 6.42. The largest absolute Gasteiger partial charge is 0.364 e. The summed E-state index contributed by atoms with van der Waals surface area (Å²) in [5.41, 5.74) is 5.55. The topological polar surface area (TPSA) is 55.6 Å². The van der Waals surface area contributed by atoms with Crippen molar-refractivity contribution in [2.45, 2.75) is 57.3 Å². The van der Waals surface area contributed by atoms with Gasteiger partial charge in [-0.2, -0.15) is 0 Å². The normalized spacial score (nSPS) is 30.1. The number of hydrogen-bond donors (Lipinski definition) is 1. The van der Waals surface area contributed by atoms with Gasteiger partial charge in [0.15, 0.2) is 0 Å². The lowest BCUT2D eigenvalue weighted by Crippen LogP contribution is -2.48. The second kappa shape index (κ2) is 5.15. The maximum Gasteiger partial charge on any atom is 0.251 e. The van der Waals surface area contributed by atoms with Crippen LogP contribution in [0.25, 0.3) is 0 Å². The van der Waals surface area contributed by atoms with Crippen molar-refractivity contribution in [1.82, 2.24) is 4.90 Å². The lowest BCUT2D eigenvalue weighted by atomic mass is 9.91. The minimum absolute atomic E-state index is 0.0917. The highest BCUT2D eigenvalue weighted by molar-refractivity contribution is 5.81. The molecule has 4 nitrogen and oxygen atoms in total. The van der Waals surface area contributed by atoms with Gasteiger partial charge in [0.2, 0.25) is 0 Å². The summed E-state index contributed by atoms with van der Waals surface area (Å²) in [5.74, 6) is 0.183. The fourth-order valence-electron chi connectivity index (χ4n) is 2.54. The second-order valence-electron chi connectivity index (χ2n) is 4.77. The van der Waals surface area contributed by atoms with Crippen molar-refractivity contribution in [3.63, 3.8) is 0 Å². The number of rotatable bonds is 4. The highest BCUT2D eigenvalue weighted by Crippen LogP contribution is 2.28. The van der Waals surface area contributed by atoms with Gasteiger partial charge in [0, 0.05) is 19.1 Å². The molecule has 1 saturated carbocycles. The highest BCUT2D eigenvalue weighted by atomic mass is 16.5. The predicted molar refractivity (Wildman–Crippen MR) is 62.0 cm³/mol. The van der Waals surface area contributed by atoms with E-state index in [9.17, 15) is 4.79 Å². The Balaban J connectivity index is 1.90. The molecule has 0 aromatic rings. The van der Waals surface area contributed by atoms with Gasteiger partial charge in [-0.1, -0.05) is 0 Å². The fraction of sp³-hybridized carbons (Fsp3) is 0.917. The zero-order valence-corrected chi connectivity index (χ0v) is 10.0. The quantitative estimate of drug-likeness (QED) is 0.774. The van der Waals surface area contributed by atoms with E-state index in [0.29, 0.717) is 12.6 Å². The van der Waals surface area contributed by atoms with Crippen LogP contribution in [0.1, 0.15) is 39.0 Å². The molecule has 1 heterocycles. The lowest BCUT2D eigenvalue weighted by molar-refractivity contribution is -0.146. The number of ether oxygens (including phenoxy) is 1. The van der Waals surface area contributed by atoms with Crippen molar-refractivity contribution < 1.29 is 9.53 Å². The molecule has 1 aliphatic heterocycles. The summed E-state index contributed by atoms with van der Waals surface area (Å²) in [6.45, 7) is 3.38. The molecule has 1 saturated heterocycles. The average Bonchev–Trinajstić information content (AvgIpc) is 2.70. The Morgan fingerprint density at radius 2 is 2.12 bits per heavy atom. The summed E-state index contributed by atoms with van der Waals surface area (Å²) in [5, 5.41) is 0. The third-order valence-electron chi connectivity index (χ3n) is 3.79. The highest BCUT2D eigenvalue weighted by Gasteiger charge is 2.36. The van der Waals surface area contributed by atoms with Crippen molar-refractivity contribution in [2.24, 2.45) is 5.73 Å². The van der Waals surface area contributed by atoms with Gasteiger partial charge in [-0.3, -0.25) is 4.79 Å². The molecule has 0 aromatic carbocycles. The van der Waals surface area contributed by atoms with Crippen LogP contribution in [0.4, 0.5) is 0 Å². The number of amides is 1. The van der Waals surface area contributed by atoms with Gasteiger partial charge in [0.25, 0.3) is 5.91 Å². The van der Waals surface area contributed by atoms with Gasteiger partial charge in [0.05, 0.1) is 6.10 Å². The number of nitrogens with two attached hydrogens (primary N) is 1. The maximum atomic E-state index is 12.2. The van der Waals surface area contributed by atoms with Crippen molar-refractivity contribution in [1.29, 1.82) is 0 Å². The zero-order chi connectivity index (χ0) is 11.5. The van der Waals surface area contributed by atoms with E-state index in [-0.39, 0.29) is 18.1 Å². The molecule has 2 atom stereocenters. The first-order chi connectivity index (χ1) is 7.76. The van der Waals surface area contributed by atoms with Gasteiger partial charge in [-0.15, -0.1) is 0 Å². The van der Waals surface area contributed by atoms with Gasteiger partial charge in [-0.05, 0) is 39.0 Å². The van der Waals surface area contributed by atoms with Crippen LogP contribution in [0.3, 0.4) is 0 Å². The average molecular weight is 226 g/mol. The summed E-state index contributed by atoms with van der Waals surface area (Å²) in [6.07, 6.45) is 5.20. The Bertz CT molecular complexity index is 253. The lowest BCUT2D eigenvalue weighted by Gasteiger charge is -2.38. The van der Waals surface area contributed by atoms with E-state index in [1.807, 2.05) is 11.8 Å². The van der Waals surface area contributed by atoms with Crippen LogP contribution in [0.5, 0.6) is 0 Å². The second-order valence-corrected chi connectivity index (χ2v) is 4.77. The molecule has 0 spiro atoms. The first kappa shape index (κ1) is 11.9. The van der Waals surface area contributed by atoms with Gasteiger partial charge in [-0.25, -0.2) is 0 Å². The van der Waals surface area contributed by atoms with Crippen LogP contribution in [0, 0.1) is 0 Å². The summed E-state index contributed by atoms with van der Waals surface area (Å²) in [4.78, 5) is 14.2. The van der Waals surface area contributed by atoms with Crippen LogP contribution in [0.15, 0.2) is 0 Å². The SMILES string of the molecule is CCN(C(=O)[C@@H]1CC[C@H](CN)O1)C1CCC1. The number of nitrogens with zero attached hydrogens (tertiary/aromatic N) is 1. The third kappa shape index (κ3) is 2.23. The van der Waals surface area contributed by atoms with Gasteiger partial charge >= 0.3 is 0 Å². The van der Waals surface area contributed by atoms with Crippen molar-refractivity contribution >= 4 is 5.91 Å². The van der Waals surface area contributed by atoms with E-state index in [1.54, 1.807) is 0 Å². The van der Waals surface area contributed by atoms with Gasteiger partial charge in [0.1, 0.15) is 6.10 Å². The molecule has 2 N–H and O–H groups in total. The molecular formula is C12H22N2O2. The molecule has 0 unspecified atom stereocenters. The molecule has 2 rings (SSSR count). The summed E-state index contributed by atoms with van der Waals surface area (Å²) in [6, 6.07) is 0.470. The standard InChI is InChI=1S/C12H22N2O2/c1-2-14(9-4-3-5-9)12(15)11-7-6-10(8-13)16-11/h9-11H,2-8,13H2,1H3/t10-,11+/m1/s1. The predicted octanol–water partition coefficient (Wildman–Crippen LogP) is 0.894. The van der Waals surface area contributed by atoms with E-state index < -0.39 is 0 Å². The summed E-state index contributed by atoms with van der Waals surface area (Å²) >= 11 is 0. The summed E-state index contributed by atoms with van der Waals surface area (Å²) < 4.78 is 5.66. The van der Waals surface area contributed by atoms with Crippen LogP contribution < -0.4 is 5.73 Å². The molecular weight excluding hydrogens is 204 g/mol. The molecule has 2 aliphatic rings. The molecule has 16 heavy (non-hydrogen) atoms. The Kier molecular flexibility index (Phi) is 3.82. The Hall–Kier alpha value is -0.610. The van der Waals surface area contributed by atoms with Crippen LogP contribution in [-0.4, -0.2) is 42.1 Å². The molecule has 2 fully saturated rings. The van der Waals surface area contributed by atoms with E-state index in [2.05, 4.69) is 0 Å². The van der Waals surface area contributed by atoms with Gasteiger partial charge < -0.3 is 15.4 Å². The van der Waals surface area contributed by atoms with E-state index in [1.165, 1.54) is 6.42 Å². The smallest absolute Gasteiger partial charge is 0.251 e. The van der Waals surface area contributed by atoms with Crippen molar-refractivity contribution in [3.8, 4) is 0 Å². The monoisotopic (exact) mass is 226 g/mol. The molecule has 0 radical (unpaired) electrons. The number of carbonyl (C=O) groups excluding carboxylic acids is 1. The third-order valence-corrected chi connectivity index (χ3v) is 3.79. The van der Waals surface area contributed by atoms with Crippen LogP contribution in [0.2, 0.25) is 0 Å². The van der Waals surface area contributed by atoms with Crippen LogP contribution in [-0.2, 0) is 9.53 Å². The van der Waals surface area contributed by atoms with E-state index >= 15 is 0 Å². The molecule has 0 bridgehead atoms. The molecule has 4 heteroatoms. The van der Waals surface area contributed by atoms with Crippen molar-refractivity contribution in [2.75, 3.05) is 13.1 Å². The van der Waals surface area contributed by atoms with Crippen LogP contribution >= 0.6 is 0 Å². The first-order valence-electron chi connectivity index (χ1n) is 6.42. The summed E-state index contributed by atoms with van der Waals surface area (Å²) in [7, 11) is 0. The zero-order valence-electron chi connectivity index (χ0n) is 10.0. The Morgan fingerprint density at radius 1 is 1.38 bits per heavy atom. The minimum atomic E-state index is -0.228. The van der Waals surface area contributed by atoms with Crippen molar-refractivity contribution in [3.05, 3.63) is 0 Å². The molecule has 1 aliphatic carbocycles. The minimum Gasteiger partial charge on any atom is -0.364 e. The molecule has 1 amide bonds. The van der Waals surface area contributed by atoms with E-state index in [4.69, 9.17) is 10.5 Å². The molecule has 0 aromatic heterocycles. The maximum absolute atomic E-state index is 12.2. The number of likely N-dealkylation sites (N-methyl/N-ethyl adjacent to an activating group) is 1. The Morgan fingerprint density at radius 3 is 2.56 bits per heavy atom. The number of hydrogen-bond acceptors (Lipinski definition) is 3. The number of carbonyl (C=O) groups is 1. The Labute approximate surface area is 97.1 Å². The fourth-order valence-corrected chi connectivity index (χ4v) is 2.54.